The first kappa shape index (κ1) is 18.2. The van der Waals surface area contributed by atoms with Gasteiger partial charge in [0.1, 0.15) is 13.1 Å². The van der Waals surface area contributed by atoms with Crippen molar-refractivity contribution in [2.75, 3.05) is 31.6 Å². The first-order valence-electron chi connectivity index (χ1n) is 9.14. The van der Waals surface area contributed by atoms with Gasteiger partial charge in [-0.2, -0.15) is 0 Å². The van der Waals surface area contributed by atoms with Gasteiger partial charge in [-0.05, 0) is 18.6 Å². The van der Waals surface area contributed by atoms with Crippen LogP contribution in [-0.2, 0) is 9.59 Å². The summed E-state index contributed by atoms with van der Waals surface area (Å²) in [5.41, 5.74) is 1.04. The van der Waals surface area contributed by atoms with Crippen molar-refractivity contribution < 1.29 is 14.4 Å². The minimum absolute atomic E-state index is 0.0724. The van der Waals surface area contributed by atoms with Crippen LogP contribution in [0.1, 0.15) is 36.5 Å². The minimum atomic E-state index is -0.274. The third-order valence-corrected chi connectivity index (χ3v) is 5.04. The van der Waals surface area contributed by atoms with Crippen molar-refractivity contribution in [3.05, 3.63) is 42.0 Å². The van der Waals surface area contributed by atoms with Gasteiger partial charge in [0, 0.05) is 13.6 Å². The quantitative estimate of drug-likeness (QED) is 0.760. The third-order valence-electron chi connectivity index (χ3n) is 5.04. The molecule has 2 heterocycles. The number of carbonyl (C=O) groups is 3. The van der Waals surface area contributed by atoms with Gasteiger partial charge in [-0.15, -0.1) is 0 Å². The van der Waals surface area contributed by atoms with Crippen molar-refractivity contribution >= 4 is 23.4 Å². The van der Waals surface area contributed by atoms with Gasteiger partial charge in [0.15, 0.2) is 0 Å². The summed E-state index contributed by atoms with van der Waals surface area (Å²) in [4.78, 5) is 42.8. The van der Waals surface area contributed by atoms with Crippen LogP contribution in [0.25, 0.3) is 0 Å². The monoisotopic (exact) mass is 355 g/mol. The van der Waals surface area contributed by atoms with E-state index in [4.69, 9.17) is 0 Å². The highest BCUT2D eigenvalue weighted by molar-refractivity contribution is 6.10. The van der Waals surface area contributed by atoms with Gasteiger partial charge in [-0.1, -0.05) is 44.1 Å². The lowest BCUT2D eigenvalue weighted by molar-refractivity contribution is -0.132. The number of rotatable bonds is 5. The standard InChI is InChI=1S/C20H25N3O3/c1-3-4-8-15-9-7-12-23(15)19(25)14-22-13-18(24)21(2)17-11-6-5-10-16(17)20(22)26/h5-7,9-11,15H,3-4,8,12-14H2,1-2H3. The fraction of sp³-hybridized carbons (Fsp3) is 0.450. The summed E-state index contributed by atoms with van der Waals surface area (Å²) in [5.74, 6) is -0.582. The molecule has 0 spiro atoms. The molecular weight excluding hydrogens is 330 g/mol. The molecule has 3 rings (SSSR count). The van der Waals surface area contributed by atoms with E-state index in [1.807, 2.05) is 6.08 Å². The van der Waals surface area contributed by atoms with Crippen molar-refractivity contribution in [3.8, 4) is 0 Å². The second kappa shape index (κ2) is 7.72. The van der Waals surface area contributed by atoms with Crippen molar-refractivity contribution in [1.29, 1.82) is 0 Å². The Labute approximate surface area is 154 Å². The molecule has 0 saturated carbocycles. The zero-order chi connectivity index (χ0) is 18.7. The topological polar surface area (TPSA) is 60.9 Å². The number of para-hydroxylation sites is 1. The highest BCUT2D eigenvalue weighted by Gasteiger charge is 2.33. The van der Waals surface area contributed by atoms with E-state index in [-0.39, 0.29) is 36.9 Å². The molecule has 1 atom stereocenters. The Balaban J connectivity index is 1.76. The van der Waals surface area contributed by atoms with Gasteiger partial charge < -0.3 is 14.7 Å². The molecule has 26 heavy (non-hydrogen) atoms. The Morgan fingerprint density at radius 1 is 1.23 bits per heavy atom. The number of hydrogen-bond donors (Lipinski definition) is 0. The lowest BCUT2D eigenvalue weighted by Crippen LogP contribution is -2.46. The number of hydrogen-bond acceptors (Lipinski definition) is 3. The largest absolute Gasteiger partial charge is 0.331 e. The third kappa shape index (κ3) is 3.49. The number of unbranched alkanes of at least 4 members (excludes halogenated alkanes) is 1. The first-order chi connectivity index (χ1) is 12.5. The molecule has 0 saturated heterocycles. The molecule has 1 aromatic carbocycles. The van der Waals surface area contributed by atoms with E-state index in [1.54, 1.807) is 36.2 Å². The summed E-state index contributed by atoms with van der Waals surface area (Å²) in [6.07, 6.45) is 7.12. The van der Waals surface area contributed by atoms with E-state index in [2.05, 4.69) is 13.0 Å². The zero-order valence-electron chi connectivity index (χ0n) is 15.4. The number of carbonyl (C=O) groups excluding carboxylic acids is 3. The van der Waals surface area contributed by atoms with Crippen LogP contribution in [0.3, 0.4) is 0 Å². The van der Waals surface area contributed by atoms with Gasteiger partial charge in [0.25, 0.3) is 5.91 Å². The highest BCUT2D eigenvalue weighted by atomic mass is 16.2. The zero-order valence-corrected chi connectivity index (χ0v) is 15.4. The molecule has 0 N–H and O–H groups in total. The second-order valence-corrected chi connectivity index (χ2v) is 6.81. The van der Waals surface area contributed by atoms with Crippen LogP contribution in [0.5, 0.6) is 0 Å². The van der Waals surface area contributed by atoms with Gasteiger partial charge in [-0.25, -0.2) is 0 Å². The summed E-state index contributed by atoms with van der Waals surface area (Å²) < 4.78 is 0. The summed E-state index contributed by atoms with van der Waals surface area (Å²) in [6.45, 7) is 2.54. The maximum Gasteiger partial charge on any atom is 0.256 e. The smallest absolute Gasteiger partial charge is 0.256 e. The van der Waals surface area contributed by atoms with Crippen molar-refractivity contribution in [3.63, 3.8) is 0 Å². The summed E-state index contributed by atoms with van der Waals surface area (Å²) in [5, 5.41) is 0. The van der Waals surface area contributed by atoms with Gasteiger partial charge >= 0.3 is 0 Å². The fourth-order valence-electron chi connectivity index (χ4n) is 3.50. The van der Waals surface area contributed by atoms with Crippen LogP contribution >= 0.6 is 0 Å². The summed E-state index contributed by atoms with van der Waals surface area (Å²) >= 11 is 0. The average molecular weight is 355 g/mol. The maximum atomic E-state index is 12.9. The second-order valence-electron chi connectivity index (χ2n) is 6.81. The number of benzene rings is 1. The molecule has 6 heteroatoms. The lowest BCUT2D eigenvalue weighted by atomic mass is 10.1. The van der Waals surface area contributed by atoms with E-state index in [0.29, 0.717) is 17.8 Å². The van der Waals surface area contributed by atoms with Crippen LogP contribution in [0.4, 0.5) is 5.69 Å². The Kier molecular flexibility index (Phi) is 5.40. The number of likely N-dealkylation sites (N-methyl/N-ethyl adjacent to an activating group) is 1. The van der Waals surface area contributed by atoms with Crippen LogP contribution in [0, 0.1) is 0 Å². The molecule has 0 bridgehead atoms. The molecule has 0 radical (unpaired) electrons. The van der Waals surface area contributed by atoms with Gasteiger partial charge in [-0.3, -0.25) is 14.4 Å². The summed E-state index contributed by atoms with van der Waals surface area (Å²) in [7, 11) is 1.66. The van der Waals surface area contributed by atoms with E-state index >= 15 is 0 Å². The first-order valence-corrected chi connectivity index (χ1v) is 9.14. The van der Waals surface area contributed by atoms with Gasteiger partial charge in [0.05, 0.1) is 17.3 Å². The maximum absolute atomic E-state index is 12.9. The van der Waals surface area contributed by atoms with Crippen LogP contribution in [-0.4, -0.2) is 60.2 Å². The van der Waals surface area contributed by atoms with E-state index < -0.39 is 0 Å². The number of amides is 3. The molecule has 3 amide bonds. The minimum Gasteiger partial charge on any atom is -0.331 e. The number of anilines is 1. The fourth-order valence-corrected chi connectivity index (χ4v) is 3.50. The van der Waals surface area contributed by atoms with Crippen molar-refractivity contribution in [2.24, 2.45) is 0 Å². The van der Waals surface area contributed by atoms with Crippen LogP contribution < -0.4 is 4.90 Å². The van der Waals surface area contributed by atoms with Crippen molar-refractivity contribution in [2.45, 2.75) is 32.2 Å². The van der Waals surface area contributed by atoms with E-state index in [9.17, 15) is 14.4 Å². The molecule has 6 nitrogen and oxygen atoms in total. The van der Waals surface area contributed by atoms with E-state index in [1.165, 1.54) is 9.80 Å². The molecule has 2 aliphatic heterocycles. The molecule has 0 aliphatic carbocycles. The number of nitrogens with zero attached hydrogens (tertiary/aromatic N) is 3. The molecule has 1 aromatic rings. The molecule has 1 unspecified atom stereocenters. The van der Waals surface area contributed by atoms with Crippen LogP contribution in [0.2, 0.25) is 0 Å². The summed E-state index contributed by atoms with van der Waals surface area (Å²) in [6, 6.07) is 7.11. The Bertz CT molecular complexity index is 744. The normalized spacial score (nSPS) is 19.8. The Morgan fingerprint density at radius 2 is 2.00 bits per heavy atom. The van der Waals surface area contributed by atoms with Crippen molar-refractivity contribution in [1.82, 2.24) is 9.80 Å². The SMILES string of the molecule is CCCCC1C=CCN1C(=O)CN1CC(=O)N(C)c2ccccc2C1=O. The molecule has 138 valence electrons. The molecular formula is C20H25N3O3. The Morgan fingerprint density at radius 3 is 2.77 bits per heavy atom. The molecule has 2 aliphatic rings. The predicted molar refractivity (Wildman–Crippen MR) is 99.9 cm³/mol. The molecule has 0 aromatic heterocycles. The van der Waals surface area contributed by atoms with Crippen LogP contribution in [0.15, 0.2) is 36.4 Å². The Hall–Kier alpha value is -2.63. The average Bonchev–Trinajstić information content (AvgIpc) is 3.10. The number of fused-ring (bicyclic) bond motifs is 1. The van der Waals surface area contributed by atoms with E-state index in [0.717, 1.165) is 19.3 Å². The predicted octanol–water partition coefficient (Wildman–Crippen LogP) is 2.06. The molecule has 0 fully saturated rings. The lowest BCUT2D eigenvalue weighted by Gasteiger charge is -2.28. The highest BCUT2D eigenvalue weighted by Crippen LogP contribution is 2.24. The van der Waals surface area contributed by atoms with Gasteiger partial charge in [0.2, 0.25) is 11.8 Å².